The number of carbonyl (C=O) groups excluding carboxylic acids is 1. The predicted octanol–water partition coefficient (Wildman–Crippen LogP) is -0.635. The normalized spacial score (nSPS) is 15.2. The fourth-order valence-corrected chi connectivity index (χ4v) is 1.23. The lowest BCUT2D eigenvalue weighted by Gasteiger charge is -2.28. The molecule has 0 saturated carbocycles. The van der Waals surface area contributed by atoms with Gasteiger partial charge in [0.1, 0.15) is 0 Å². The quantitative estimate of drug-likeness (QED) is 0.205. The summed E-state index contributed by atoms with van der Waals surface area (Å²) in [4.78, 5) is 10.7. The predicted molar refractivity (Wildman–Crippen MR) is 53.9 cm³/mol. The zero-order valence-corrected chi connectivity index (χ0v) is 8.74. The molecule has 0 aromatic carbocycles. The standard InChI is InChI=1S/C8H18N4O2/c1-5(7(10)12-14)11-8(2,3)4-6(9)13/h5,11,14H,4H2,1-3H3,(H2,9,13)(H2,10,12). The summed E-state index contributed by atoms with van der Waals surface area (Å²) >= 11 is 0. The van der Waals surface area contributed by atoms with E-state index in [-0.39, 0.29) is 18.3 Å². The van der Waals surface area contributed by atoms with Crippen LogP contribution in [0.2, 0.25) is 0 Å². The number of oxime groups is 1. The van der Waals surface area contributed by atoms with E-state index in [0.717, 1.165) is 0 Å². The van der Waals surface area contributed by atoms with Crippen LogP contribution in [0.5, 0.6) is 0 Å². The highest BCUT2D eigenvalue weighted by Crippen LogP contribution is 2.08. The number of nitrogens with zero attached hydrogens (tertiary/aromatic N) is 1. The van der Waals surface area contributed by atoms with Gasteiger partial charge in [-0.1, -0.05) is 5.16 Å². The molecule has 82 valence electrons. The maximum Gasteiger partial charge on any atom is 0.219 e. The maximum atomic E-state index is 10.7. The first-order chi connectivity index (χ1) is 6.28. The largest absolute Gasteiger partial charge is 0.409 e. The van der Waals surface area contributed by atoms with Crippen molar-refractivity contribution in [3.8, 4) is 0 Å². The highest BCUT2D eigenvalue weighted by atomic mass is 16.4. The van der Waals surface area contributed by atoms with E-state index in [0.29, 0.717) is 0 Å². The van der Waals surface area contributed by atoms with Gasteiger partial charge in [-0.3, -0.25) is 4.79 Å². The van der Waals surface area contributed by atoms with Gasteiger partial charge in [0, 0.05) is 12.0 Å². The molecule has 0 aliphatic heterocycles. The highest BCUT2D eigenvalue weighted by molar-refractivity contribution is 5.85. The first kappa shape index (κ1) is 12.7. The molecule has 1 unspecified atom stereocenters. The number of hydrogen-bond donors (Lipinski definition) is 4. The summed E-state index contributed by atoms with van der Waals surface area (Å²) in [7, 11) is 0. The molecule has 0 bridgehead atoms. The number of nitrogens with two attached hydrogens (primary N) is 2. The molecule has 0 aliphatic carbocycles. The van der Waals surface area contributed by atoms with Gasteiger partial charge in [0.15, 0.2) is 5.84 Å². The third-order valence-electron chi connectivity index (χ3n) is 1.78. The number of amides is 1. The van der Waals surface area contributed by atoms with Crippen LogP contribution >= 0.6 is 0 Å². The Bertz CT molecular complexity index is 237. The SMILES string of the molecule is CC(NC(C)(C)CC(N)=O)C(N)=NO. The van der Waals surface area contributed by atoms with Crippen LogP contribution in [-0.2, 0) is 4.79 Å². The molecule has 14 heavy (non-hydrogen) atoms. The second-order valence-corrected chi connectivity index (χ2v) is 3.92. The van der Waals surface area contributed by atoms with Crippen LogP contribution in [-0.4, -0.2) is 28.5 Å². The van der Waals surface area contributed by atoms with Gasteiger partial charge in [-0.05, 0) is 20.8 Å². The molecule has 1 atom stereocenters. The summed E-state index contributed by atoms with van der Waals surface area (Å²) < 4.78 is 0. The molecule has 6 N–H and O–H groups in total. The van der Waals surface area contributed by atoms with Gasteiger partial charge in [-0.2, -0.15) is 0 Å². The van der Waals surface area contributed by atoms with Crippen LogP contribution in [0.15, 0.2) is 5.16 Å². The summed E-state index contributed by atoms with van der Waals surface area (Å²) in [5, 5.41) is 14.3. The molecule has 0 heterocycles. The van der Waals surface area contributed by atoms with Crippen molar-refractivity contribution in [3.05, 3.63) is 0 Å². The number of primary amides is 1. The lowest BCUT2D eigenvalue weighted by Crippen LogP contribution is -2.51. The van der Waals surface area contributed by atoms with Crippen molar-refractivity contribution in [2.45, 2.75) is 38.8 Å². The molecule has 0 radical (unpaired) electrons. The van der Waals surface area contributed by atoms with Crippen LogP contribution in [0.25, 0.3) is 0 Å². The van der Waals surface area contributed by atoms with Gasteiger partial charge < -0.3 is 22.0 Å². The van der Waals surface area contributed by atoms with Crippen molar-refractivity contribution >= 4 is 11.7 Å². The number of hydrogen-bond acceptors (Lipinski definition) is 4. The molecule has 0 aliphatic rings. The van der Waals surface area contributed by atoms with E-state index in [1.807, 2.05) is 13.8 Å². The van der Waals surface area contributed by atoms with Crippen molar-refractivity contribution < 1.29 is 10.0 Å². The monoisotopic (exact) mass is 202 g/mol. The third kappa shape index (κ3) is 4.66. The molecule has 6 nitrogen and oxygen atoms in total. The van der Waals surface area contributed by atoms with E-state index in [2.05, 4.69) is 10.5 Å². The third-order valence-corrected chi connectivity index (χ3v) is 1.78. The lowest BCUT2D eigenvalue weighted by atomic mass is 9.99. The van der Waals surface area contributed by atoms with Crippen molar-refractivity contribution in [2.75, 3.05) is 0 Å². The molecule has 0 rings (SSSR count). The van der Waals surface area contributed by atoms with Gasteiger partial charge in [0.25, 0.3) is 0 Å². The molecule has 0 fully saturated rings. The Morgan fingerprint density at radius 1 is 1.57 bits per heavy atom. The smallest absolute Gasteiger partial charge is 0.219 e. The Hall–Kier alpha value is -1.30. The first-order valence-electron chi connectivity index (χ1n) is 4.32. The number of carbonyl (C=O) groups is 1. The average Bonchev–Trinajstić information content (AvgIpc) is 1.99. The molecule has 1 amide bonds. The fraction of sp³-hybridized carbons (Fsp3) is 0.750. The summed E-state index contributed by atoms with van der Waals surface area (Å²) in [5.41, 5.74) is 9.98. The minimum Gasteiger partial charge on any atom is -0.409 e. The number of amidine groups is 1. The number of nitrogens with one attached hydrogen (secondary N) is 1. The maximum absolute atomic E-state index is 10.7. The van der Waals surface area contributed by atoms with Crippen LogP contribution in [0.4, 0.5) is 0 Å². The summed E-state index contributed by atoms with van der Waals surface area (Å²) in [6.45, 7) is 5.37. The molecular weight excluding hydrogens is 184 g/mol. The first-order valence-corrected chi connectivity index (χ1v) is 4.32. The highest BCUT2D eigenvalue weighted by Gasteiger charge is 2.23. The van der Waals surface area contributed by atoms with E-state index in [1.54, 1.807) is 6.92 Å². The Morgan fingerprint density at radius 3 is 2.43 bits per heavy atom. The van der Waals surface area contributed by atoms with Crippen LogP contribution in [0.1, 0.15) is 27.2 Å². The van der Waals surface area contributed by atoms with Crippen molar-refractivity contribution in [1.82, 2.24) is 5.32 Å². The Kier molecular flexibility index (Phi) is 4.36. The van der Waals surface area contributed by atoms with E-state index in [1.165, 1.54) is 0 Å². The van der Waals surface area contributed by atoms with Crippen LogP contribution in [0, 0.1) is 0 Å². The molecular formula is C8H18N4O2. The second kappa shape index (κ2) is 4.80. The fourth-order valence-electron chi connectivity index (χ4n) is 1.23. The zero-order valence-electron chi connectivity index (χ0n) is 8.74. The van der Waals surface area contributed by atoms with Crippen molar-refractivity contribution in [1.29, 1.82) is 0 Å². The zero-order chi connectivity index (χ0) is 11.4. The van der Waals surface area contributed by atoms with Gasteiger partial charge >= 0.3 is 0 Å². The van der Waals surface area contributed by atoms with Gasteiger partial charge in [0.2, 0.25) is 5.91 Å². The molecule has 0 aromatic heterocycles. The average molecular weight is 202 g/mol. The minimum absolute atomic E-state index is 0.0718. The van der Waals surface area contributed by atoms with Gasteiger partial charge in [-0.15, -0.1) is 0 Å². The summed E-state index contributed by atoms with van der Waals surface area (Å²) in [6.07, 6.45) is 0.191. The second-order valence-electron chi connectivity index (χ2n) is 3.92. The molecule has 0 saturated heterocycles. The van der Waals surface area contributed by atoms with Crippen LogP contribution in [0.3, 0.4) is 0 Å². The van der Waals surface area contributed by atoms with E-state index in [4.69, 9.17) is 16.7 Å². The molecule has 6 heteroatoms. The molecule has 0 spiro atoms. The minimum atomic E-state index is -0.472. The Morgan fingerprint density at radius 2 is 2.07 bits per heavy atom. The van der Waals surface area contributed by atoms with Crippen LogP contribution < -0.4 is 16.8 Å². The van der Waals surface area contributed by atoms with Gasteiger partial charge in [0.05, 0.1) is 6.04 Å². The Balaban J connectivity index is 4.28. The van der Waals surface area contributed by atoms with Crippen molar-refractivity contribution in [3.63, 3.8) is 0 Å². The molecule has 0 aromatic rings. The number of rotatable bonds is 5. The summed E-state index contributed by atoms with van der Waals surface area (Å²) in [6, 6.07) is -0.311. The Labute approximate surface area is 83.3 Å². The van der Waals surface area contributed by atoms with E-state index >= 15 is 0 Å². The van der Waals surface area contributed by atoms with E-state index < -0.39 is 11.4 Å². The van der Waals surface area contributed by atoms with E-state index in [9.17, 15) is 4.79 Å². The van der Waals surface area contributed by atoms with Crippen molar-refractivity contribution in [2.24, 2.45) is 16.6 Å². The topological polar surface area (TPSA) is 114 Å². The summed E-state index contributed by atoms with van der Waals surface area (Å²) in [5.74, 6) is -0.322. The van der Waals surface area contributed by atoms with Gasteiger partial charge in [-0.25, -0.2) is 0 Å². The lowest BCUT2D eigenvalue weighted by molar-refractivity contribution is -0.119.